The predicted molar refractivity (Wildman–Crippen MR) is 81.2 cm³/mol. The summed E-state index contributed by atoms with van der Waals surface area (Å²) in [6.07, 6.45) is 4.62. The first kappa shape index (κ1) is 13.9. The van der Waals surface area contributed by atoms with Gasteiger partial charge >= 0.3 is 0 Å². The van der Waals surface area contributed by atoms with E-state index in [0.29, 0.717) is 29.5 Å². The van der Waals surface area contributed by atoms with Crippen LogP contribution in [0.2, 0.25) is 0 Å². The van der Waals surface area contributed by atoms with Crippen LogP contribution in [0.1, 0.15) is 10.5 Å². The molecule has 0 atom stereocenters. The molecule has 112 valence electrons. The van der Waals surface area contributed by atoms with E-state index in [1.165, 1.54) is 12.4 Å². The highest BCUT2D eigenvalue weighted by atomic mass is 16.7. The lowest BCUT2D eigenvalue weighted by molar-refractivity contribution is 0.102. The van der Waals surface area contributed by atoms with E-state index in [-0.39, 0.29) is 18.4 Å². The van der Waals surface area contributed by atoms with Gasteiger partial charge in [0.1, 0.15) is 11.5 Å². The molecule has 1 amide bonds. The van der Waals surface area contributed by atoms with Gasteiger partial charge in [0.15, 0.2) is 11.5 Å². The van der Waals surface area contributed by atoms with Crippen molar-refractivity contribution in [1.82, 2.24) is 9.97 Å². The standard InChI is InChI=1S/C15H14N4O3/c1-2-5-16-14-8-17-11(7-18-14)15(20)19-10-3-4-12-13(6-10)22-9-21-12/h2-4,6-8H,1,5,9H2,(H,16,18)(H,19,20). The smallest absolute Gasteiger partial charge is 0.275 e. The van der Waals surface area contributed by atoms with Gasteiger partial charge in [-0.3, -0.25) is 4.79 Å². The second-order valence-electron chi connectivity index (χ2n) is 4.48. The zero-order chi connectivity index (χ0) is 15.4. The van der Waals surface area contributed by atoms with Gasteiger partial charge in [-0.15, -0.1) is 6.58 Å². The Morgan fingerprint density at radius 2 is 2.14 bits per heavy atom. The lowest BCUT2D eigenvalue weighted by Crippen LogP contribution is -2.14. The van der Waals surface area contributed by atoms with Gasteiger partial charge in [0.2, 0.25) is 6.79 Å². The van der Waals surface area contributed by atoms with Gasteiger partial charge < -0.3 is 20.1 Å². The van der Waals surface area contributed by atoms with E-state index in [4.69, 9.17) is 9.47 Å². The summed E-state index contributed by atoms with van der Waals surface area (Å²) >= 11 is 0. The first-order valence-electron chi connectivity index (χ1n) is 6.64. The topological polar surface area (TPSA) is 85.4 Å². The van der Waals surface area contributed by atoms with Crippen LogP contribution in [0.3, 0.4) is 0 Å². The molecule has 1 aromatic heterocycles. The summed E-state index contributed by atoms with van der Waals surface area (Å²) in [6.45, 7) is 4.37. The van der Waals surface area contributed by atoms with Crippen LogP contribution in [0.25, 0.3) is 0 Å². The summed E-state index contributed by atoms with van der Waals surface area (Å²) in [6, 6.07) is 5.18. The molecule has 2 N–H and O–H groups in total. The third kappa shape index (κ3) is 2.98. The molecule has 7 nitrogen and oxygen atoms in total. The van der Waals surface area contributed by atoms with Gasteiger partial charge in [-0.25, -0.2) is 9.97 Å². The Bertz CT molecular complexity index is 700. The molecule has 0 radical (unpaired) electrons. The Hall–Kier alpha value is -3.09. The molecule has 7 heteroatoms. The molecular weight excluding hydrogens is 284 g/mol. The number of hydrogen-bond donors (Lipinski definition) is 2. The molecule has 2 aromatic rings. The molecule has 22 heavy (non-hydrogen) atoms. The number of carbonyl (C=O) groups excluding carboxylic acids is 1. The number of nitrogens with zero attached hydrogens (tertiary/aromatic N) is 2. The second kappa shape index (κ2) is 6.13. The molecule has 0 spiro atoms. The van der Waals surface area contributed by atoms with E-state index in [0.717, 1.165) is 0 Å². The summed E-state index contributed by atoms with van der Waals surface area (Å²) in [4.78, 5) is 20.3. The average Bonchev–Trinajstić information content (AvgIpc) is 3.01. The number of rotatable bonds is 5. The van der Waals surface area contributed by atoms with E-state index >= 15 is 0 Å². The Morgan fingerprint density at radius 1 is 1.27 bits per heavy atom. The van der Waals surface area contributed by atoms with E-state index in [1.54, 1.807) is 24.3 Å². The monoisotopic (exact) mass is 298 g/mol. The first-order valence-corrected chi connectivity index (χ1v) is 6.64. The van der Waals surface area contributed by atoms with Crippen LogP contribution in [-0.4, -0.2) is 29.2 Å². The third-order valence-corrected chi connectivity index (χ3v) is 2.94. The maximum Gasteiger partial charge on any atom is 0.275 e. The largest absolute Gasteiger partial charge is 0.454 e. The van der Waals surface area contributed by atoms with Crippen LogP contribution in [0, 0.1) is 0 Å². The summed E-state index contributed by atoms with van der Waals surface area (Å²) in [5.74, 6) is 1.50. The molecule has 2 heterocycles. The minimum atomic E-state index is -0.346. The lowest BCUT2D eigenvalue weighted by atomic mass is 10.2. The van der Waals surface area contributed by atoms with E-state index in [2.05, 4.69) is 27.2 Å². The summed E-state index contributed by atoms with van der Waals surface area (Å²) in [7, 11) is 0. The highest BCUT2D eigenvalue weighted by Crippen LogP contribution is 2.34. The number of ether oxygens (including phenoxy) is 2. The quantitative estimate of drug-likeness (QED) is 0.822. The number of hydrogen-bond acceptors (Lipinski definition) is 6. The lowest BCUT2D eigenvalue weighted by Gasteiger charge is -2.06. The number of nitrogens with one attached hydrogen (secondary N) is 2. The number of aromatic nitrogens is 2. The van der Waals surface area contributed by atoms with Crippen molar-refractivity contribution in [3.8, 4) is 11.5 Å². The Labute approximate surface area is 127 Å². The maximum atomic E-state index is 12.1. The molecule has 0 aliphatic carbocycles. The van der Waals surface area contributed by atoms with Crippen molar-refractivity contribution < 1.29 is 14.3 Å². The third-order valence-electron chi connectivity index (χ3n) is 2.94. The molecule has 0 unspecified atom stereocenters. The molecular formula is C15H14N4O3. The Morgan fingerprint density at radius 3 is 2.91 bits per heavy atom. The number of carbonyl (C=O) groups is 1. The zero-order valence-corrected chi connectivity index (χ0v) is 11.7. The first-order chi connectivity index (χ1) is 10.8. The summed E-state index contributed by atoms with van der Waals surface area (Å²) < 4.78 is 10.5. The van der Waals surface area contributed by atoms with E-state index in [9.17, 15) is 4.79 Å². The van der Waals surface area contributed by atoms with Gasteiger partial charge in [0.25, 0.3) is 5.91 Å². The minimum absolute atomic E-state index is 0.192. The Balaban J connectivity index is 1.67. The predicted octanol–water partition coefficient (Wildman–Crippen LogP) is 2.06. The van der Waals surface area contributed by atoms with Crippen LogP contribution in [0.5, 0.6) is 11.5 Å². The van der Waals surface area contributed by atoms with Crippen LogP contribution in [0.15, 0.2) is 43.2 Å². The zero-order valence-electron chi connectivity index (χ0n) is 11.7. The van der Waals surface area contributed by atoms with Gasteiger partial charge in [0, 0.05) is 18.3 Å². The molecule has 0 fully saturated rings. The maximum absolute atomic E-state index is 12.1. The highest BCUT2D eigenvalue weighted by molar-refractivity contribution is 6.02. The van der Waals surface area contributed by atoms with Gasteiger partial charge in [-0.2, -0.15) is 0 Å². The van der Waals surface area contributed by atoms with E-state index < -0.39 is 0 Å². The van der Waals surface area contributed by atoms with Crippen molar-refractivity contribution in [3.05, 3.63) is 48.9 Å². The van der Waals surface area contributed by atoms with Crippen molar-refractivity contribution in [3.63, 3.8) is 0 Å². The number of fused-ring (bicyclic) bond motifs is 1. The van der Waals surface area contributed by atoms with Crippen LogP contribution >= 0.6 is 0 Å². The van der Waals surface area contributed by atoms with Gasteiger partial charge in [0.05, 0.1) is 12.4 Å². The Kier molecular flexibility index (Phi) is 3.86. The molecule has 1 aromatic carbocycles. The summed E-state index contributed by atoms with van der Waals surface area (Å²) in [5, 5.41) is 5.72. The number of amides is 1. The average molecular weight is 298 g/mol. The molecule has 1 aliphatic rings. The fourth-order valence-electron chi connectivity index (χ4n) is 1.88. The fourth-order valence-corrected chi connectivity index (χ4v) is 1.88. The molecule has 1 aliphatic heterocycles. The molecule has 0 saturated carbocycles. The van der Waals surface area contributed by atoms with Crippen molar-refractivity contribution in [1.29, 1.82) is 0 Å². The number of anilines is 2. The minimum Gasteiger partial charge on any atom is -0.454 e. The summed E-state index contributed by atoms with van der Waals surface area (Å²) in [5.41, 5.74) is 0.826. The van der Waals surface area contributed by atoms with Crippen molar-refractivity contribution in [2.75, 3.05) is 24.0 Å². The van der Waals surface area contributed by atoms with E-state index in [1.807, 2.05) is 0 Å². The SMILES string of the molecule is C=CCNc1cnc(C(=O)Nc2ccc3c(c2)OCO3)cn1. The van der Waals surface area contributed by atoms with Crippen LogP contribution < -0.4 is 20.1 Å². The molecule has 0 saturated heterocycles. The van der Waals surface area contributed by atoms with Crippen molar-refractivity contribution in [2.45, 2.75) is 0 Å². The number of benzene rings is 1. The van der Waals surface area contributed by atoms with Crippen molar-refractivity contribution >= 4 is 17.4 Å². The second-order valence-corrected chi connectivity index (χ2v) is 4.48. The molecule has 3 rings (SSSR count). The molecule has 0 bridgehead atoms. The normalized spacial score (nSPS) is 11.8. The fraction of sp³-hybridized carbons (Fsp3) is 0.133. The highest BCUT2D eigenvalue weighted by Gasteiger charge is 2.15. The van der Waals surface area contributed by atoms with Crippen LogP contribution in [0.4, 0.5) is 11.5 Å². The van der Waals surface area contributed by atoms with Crippen LogP contribution in [-0.2, 0) is 0 Å². The van der Waals surface area contributed by atoms with Gasteiger partial charge in [-0.1, -0.05) is 6.08 Å². The van der Waals surface area contributed by atoms with Crippen molar-refractivity contribution in [2.24, 2.45) is 0 Å². The van der Waals surface area contributed by atoms with Gasteiger partial charge in [-0.05, 0) is 12.1 Å².